The van der Waals surface area contributed by atoms with Crippen molar-refractivity contribution in [1.29, 1.82) is 0 Å². The van der Waals surface area contributed by atoms with Crippen LogP contribution in [0, 0.1) is 12.8 Å². The fourth-order valence-electron chi connectivity index (χ4n) is 2.44. The normalized spacial score (nSPS) is 19.6. The number of nitrogens with zero attached hydrogens (tertiary/aromatic N) is 1. The standard InChI is InChI=1S/C15H23NO3/c1-12-3-4-14(15(9-12)18-2)19-8-7-16-6-5-13(10-16)11-17/h3-4,9,13,17H,5-8,10-11H2,1-2H3. The average molecular weight is 265 g/mol. The molecule has 2 rings (SSSR count). The molecule has 0 spiro atoms. The van der Waals surface area contributed by atoms with Gasteiger partial charge in [-0.05, 0) is 43.5 Å². The summed E-state index contributed by atoms with van der Waals surface area (Å²) in [5, 5.41) is 9.11. The Morgan fingerprint density at radius 2 is 2.21 bits per heavy atom. The quantitative estimate of drug-likeness (QED) is 0.850. The van der Waals surface area contributed by atoms with Crippen LogP contribution >= 0.6 is 0 Å². The van der Waals surface area contributed by atoms with Crippen LogP contribution in [0.5, 0.6) is 11.5 Å². The number of benzene rings is 1. The Balaban J connectivity index is 1.80. The van der Waals surface area contributed by atoms with E-state index in [4.69, 9.17) is 14.6 Å². The fourth-order valence-corrected chi connectivity index (χ4v) is 2.44. The summed E-state index contributed by atoms with van der Waals surface area (Å²) in [4.78, 5) is 2.33. The summed E-state index contributed by atoms with van der Waals surface area (Å²) in [7, 11) is 1.66. The van der Waals surface area contributed by atoms with Gasteiger partial charge in [-0.15, -0.1) is 0 Å². The predicted molar refractivity (Wildman–Crippen MR) is 74.9 cm³/mol. The first-order valence-corrected chi connectivity index (χ1v) is 6.83. The second kappa shape index (κ2) is 6.78. The third-order valence-corrected chi connectivity index (χ3v) is 3.61. The molecular weight excluding hydrogens is 242 g/mol. The summed E-state index contributed by atoms with van der Waals surface area (Å²) in [5.41, 5.74) is 1.16. The second-order valence-electron chi connectivity index (χ2n) is 5.14. The van der Waals surface area contributed by atoms with Gasteiger partial charge in [0.1, 0.15) is 6.61 Å². The van der Waals surface area contributed by atoms with Crippen LogP contribution in [0.1, 0.15) is 12.0 Å². The number of hydrogen-bond acceptors (Lipinski definition) is 4. The summed E-state index contributed by atoms with van der Waals surface area (Å²) in [6.45, 7) is 5.91. The molecule has 19 heavy (non-hydrogen) atoms. The molecule has 0 radical (unpaired) electrons. The van der Waals surface area contributed by atoms with Gasteiger partial charge in [-0.25, -0.2) is 0 Å². The van der Waals surface area contributed by atoms with Crippen LogP contribution in [0.25, 0.3) is 0 Å². The zero-order valence-electron chi connectivity index (χ0n) is 11.8. The maximum Gasteiger partial charge on any atom is 0.161 e. The number of ether oxygens (including phenoxy) is 2. The highest BCUT2D eigenvalue weighted by Gasteiger charge is 2.21. The Morgan fingerprint density at radius 3 is 2.89 bits per heavy atom. The fraction of sp³-hybridized carbons (Fsp3) is 0.600. The lowest BCUT2D eigenvalue weighted by atomic mass is 10.1. The molecule has 1 heterocycles. The van der Waals surface area contributed by atoms with Gasteiger partial charge >= 0.3 is 0 Å². The summed E-state index contributed by atoms with van der Waals surface area (Å²) in [5.74, 6) is 2.02. The molecule has 0 aromatic heterocycles. The molecule has 0 aliphatic carbocycles. The third-order valence-electron chi connectivity index (χ3n) is 3.61. The lowest BCUT2D eigenvalue weighted by Crippen LogP contribution is -2.26. The summed E-state index contributed by atoms with van der Waals surface area (Å²) in [6.07, 6.45) is 1.09. The molecule has 1 saturated heterocycles. The number of methoxy groups -OCH3 is 1. The van der Waals surface area contributed by atoms with E-state index < -0.39 is 0 Å². The first kappa shape index (κ1) is 14.2. The number of likely N-dealkylation sites (tertiary alicyclic amines) is 1. The van der Waals surface area contributed by atoms with E-state index in [0.29, 0.717) is 19.1 Å². The SMILES string of the molecule is COc1cc(C)ccc1OCCN1CCC(CO)C1. The molecule has 1 fully saturated rings. The summed E-state index contributed by atoms with van der Waals surface area (Å²) in [6, 6.07) is 5.96. The number of aryl methyl sites for hydroxylation is 1. The number of aliphatic hydroxyl groups is 1. The Morgan fingerprint density at radius 1 is 1.37 bits per heavy atom. The number of rotatable bonds is 6. The zero-order valence-corrected chi connectivity index (χ0v) is 11.8. The summed E-state index contributed by atoms with van der Waals surface area (Å²) < 4.78 is 11.1. The van der Waals surface area contributed by atoms with E-state index in [1.54, 1.807) is 7.11 Å². The molecule has 1 aromatic rings. The van der Waals surface area contributed by atoms with Crippen LogP contribution in [0.15, 0.2) is 18.2 Å². The minimum absolute atomic E-state index is 0.295. The molecule has 0 amide bonds. The Bertz CT molecular complexity index is 408. The number of aliphatic hydroxyl groups excluding tert-OH is 1. The van der Waals surface area contributed by atoms with Gasteiger partial charge in [-0.1, -0.05) is 6.07 Å². The maximum absolute atomic E-state index is 9.11. The van der Waals surface area contributed by atoms with Crippen molar-refractivity contribution in [1.82, 2.24) is 4.90 Å². The molecule has 0 bridgehead atoms. The van der Waals surface area contributed by atoms with Crippen LogP contribution in [-0.4, -0.2) is 50.0 Å². The Hall–Kier alpha value is -1.26. The lowest BCUT2D eigenvalue weighted by molar-refractivity contribution is 0.202. The molecule has 106 valence electrons. The van der Waals surface area contributed by atoms with Crippen molar-refractivity contribution < 1.29 is 14.6 Å². The van der Waals surface area contributed by atoms with E-state index in [1.165, 1.54) is 0 Å². The maximum atomic E-state index is 9.11. The van der Waals surface area contributed by atoms with Crippen molar-refractivity contribution in [3.05, 3.63) is 23.8 Å². The molecule has 1 N–H and O–H groups in total. The van der Waals surface area contributed by atoms with Crippen molar-refractivity contribution >= 4 is 0 Å². The third kappa shape index (κ3) is 3.85. The minimum Gasteiger partial charge on any atom is -0.493 e. The van der Waals surface area contributed by atoms with E-state index in [-0.39, 0.29) is 0 Å². The van der Waals surface area contributed by atoms with Gasteiger partial charge in [0.05, 0.1) is 7.11 Å². The van der Waals surface area contributed by atoms with Gasteiger partial charge in [-0.3, -0.25) is 4.90 Å². The molecule has 4 nitrogen and oxygen atoms in total. The van der Waals surface area contributed by atoms with Crippen molar-refractivity contribution in [2.24, 2.45) is 5.92 Å². The molecular formula is C15H23NO3. The van der Waals surface area contributed by atoms with Crippen LogP contribution in [0.4, 0.5) is 0 Å². The molecule has 1 atom stereocenters. The number of hydrogen-bond donors (Lipinski definition) is 1. The van der Waals surface area contributed by atoms with E-state index in [1.807, 2.05) is 25.1 Å². The molecule has 1 aliphatic heterocycles. The van der Waals surface area contributed by atoms with Crippen LogP contribution in [0.3, 0.4) is 0 Å². The first-order chi connectivity index (χ1) is 9.22. The topological polar surface area (TPSA) is 41.9 Å². The molecule has 4 heteroatoms. The first-order valence-electron chi connectivity index (χ1n) is 6.83. The van der Waals surface area contributed by atoms with E-state index in [2.05, 4.69) is 4.90 Å². The van der Waals surface area contributed by atoms with Crippen molar-refractivity contribution in [3.8, 4) is 11.5 Å². The van der Waals surface area contributed by atoms with Crippen LogP contribution in [0.2, 0.25) is 0 Å². The van der Waals surface area contributed by atoms with Gasteiger partial charge in [-0.2, -0.15) is 0 Å². The molecule has 1 aromatic carbocycles. The smallest absolute Gasteiger partial charge is 0.161 e. The monoisotopic (exact) mass is 265 g/mol. The molecule has 0 saturated carbocycles. The van der Waals surface area contributed by atoms with Crippen LogP contribution in [-0.2, 0) is 0 Å². The Kier molecular flexibility index (Phi) is 5.05. The van der Waals surface area contributed by atoms with E-state index >= 15 is 0 Å². The Labute approximate surface area is 114 Å². The largest absolute Gasteiger partial charge is 0.493 e. The van der Waals surface area contributed by atoms with Gasteiger partial charge in [0.15, 0.2) is 11.5 Å². The van der Waals surface area contributed by atoms with Crippen molar-refractivity contribution in [2.75, 3.05) is 40.0 Å². The van der Waals surface area contributed by atoms with Gasteiger partial charge < -0.3 is 14.6 Å². The van der Waals surface area contributed by atoms with Gasteiger partial charge in [0, 0.05) is 19.7 Å². The van der Waals surface area contributed by atoms with E-state index in [9.17, 15) is 0 Å². The predicted octanol–water partition coefficient (Wildman–Crippen LogP) is 1.70. The zero-order chi connectivity index (χ0) is 13.7. The van der Waals surface area contributed by atoms with Gasteiger partial charge in [0.2, 0.25) is 0 Å². The van der Waals surface area contributed by atoms with E-state index in [0.717, 1.165) is 43.1 Å². The van der Waals surface area contributed by atoms with Crippen molar-refractivity contribution in [2.45, 2.75) is 13.3 Å². The average Bonchev–Trinajstić information content (AvgIpc) is 2.88. The van der Waals surface area contributed by atoms with Gasteiger partial charge in [0.25, 0.3) is 0 Å². The highest BCUT2D eigenvalue weighted by molar-refractivity contribution is 5.42. The molecule has 1 unspecified atom stereocenters. The highest BCUT2D eigenvalue weighted by atomic mass is 16.5. The van der Waals surface area contributed by atoms with Crippen LogP contribution < -0.4 is 9.47 Å². The van der Waals surface area contributed by atoms with Crippen molar-refractivity contribution in [3.63, 3.8) is 0 Å². The highest BCUT2D eigenvalue weighted by Crippen LogP contribution is 2.27. The second-order valence-corrected chi connectivity index (χ2v) is 5.14. The minimum atomic E-state index is 0.295. The molecule has 1 aliphatic rings. The summed E-state index contributed by atoms with van der Waals surface area (Å²) >= 11 is 0. The lowest BCUT2D eigenvalue weighted by Gasteiger charge is -2.17.